The van der Waals surface area contributed by atoms with Gasteiger partial charge in [0.05, 0.1) is 5.56 Å². The van der Waals surface area contributed by atoms with Crippen LogP contribution in [0.25, 0.3) is 0 Å². The molecule has 0 spiro atoms. The van der Waals surface area contributed by atoms with Gasteiger partial charge in [-0.1, -0.05) is 25.5 Å². The van der Waals surface area contributed by atoms with Gasteiger partial charge in [-0.2, -0.15) is 0 Å². The molecule has 0 aromatic heterocycles. The zero-order chi connectivity index (χ0) is 13.7. The average Bonchev–Trinajstić information content (AvgIpc) is 2.45. The molecule has 0 aliphatic carbocycles. The molecule has 1 saturated heterocycles. The Labute approximate surface area is 114 Å². The molecular formula is C16H22FNO. The molecule has 104 valence electrons. The van der Waals surface area contributed by atoms with Crippen LogP contribution in [0.2, 0.25) is 0 Å². The normalized spacial score (nSPS) is 20.4. The Hall–Kier alpha value is -1.22. The smallest absolute Gasteiger partial charge is 0.167 e. The number of rotatable bonds is 5. The third-order valence-corrected chi connectivity index (χ3v) is 4.01. The van der Waals surface area contributed by atoms with E-state index in [0.717, 1.165) is 25.6 Å². The summed E-state index contributed by atoms with van der Waals surface area (Å²) in [4.78, 5) is 14.3. The maximum absolute atomic E-state index is 13.5. The quantitative estimate of drug-likeness (QED) is 0.758. The largest absolute Gasteiger partial charge is 0.303 e. The number of benzene rings is 1. The Kier molecular flexibility index (Phi) is 5.08. The molecule has 3 heteroatoms. The highest BCUT2D eigenvalue weighted by Gasteiger charge is 2.19. The van der Waals surface area contributed by atoms with Gasteiger partial charge in [0, 0.05) is 19.5 Å². The first-order valence-electron chi connectivity index (χ1n) is 7.20. The molecule has 1 fully saturated rings. The number of hydrogen-bond acceptors (Lipinski definition) is 2. The van der Waals surface area contributed by atoms with Crippen LogP contribution < -0.4 is 0 Å². The van der Waals surface area contributed by atoms with Gasteiger partial charge >= 0.3 is 0 Å². The standard InChI is InChI=1S/C16H22FNO/c1-2-13-6-5-10-18(12-13)11-9-16(19)14-7-3-4-8-15(14)17/h3-4,7-8,13H,2,5-6,9-12H2,1H3. The van der Waals surface area contributed by atoms with E-state index in [0.29, 0.717) is 6.42 Å². The van der Waals surface area contributed by atoms with E-state index in [1.165, 1.54) is 25.3 Å². The van der Waals surface area contributed by atoms with E-state index in [4.69, 9.17) is 0 Å². The SMILES string of the molecule is CCC1CCCN(CCC(=O)c2ccccc2F)C1. The number of nitrogens with zero attached hydrogens (tertiary/aromatic N) is 1. The summed E-state index contributed by atoms with van der Waals surface area (Å²) in [6.45, 7) is 5.13. The first kappa shape index (κ1) is 14.2. The Bertz CT molecular complexity index is 433. The first-order chi connectivity index (χ1) is 9.20. The van der Waals surface area contributed by atoms with Crippen molar-refractivity contribution >= 4 is 5.78 Å². The molecule has 1 aliphatic heterocycles. The molecule has 1 aromatic rings. The fourth-order valence-corrected chi connectivity index (χ4v) is 2.77. The Morgan fingerprint density at radius 3 is 2.95 bits per heavy atom. The van der Waals surface area contributed by atoms with Crippen molar-refractivity contribution in [2.75, 3.05) is 19.6 Å². The highest BCUT2D eigenvalue weighted by Crippen LogP contribution is 2.19. The van der Waals surface area contributed by atoms with Gasteiger partial charge in [-0.3, -0.25) is 4.79 Å². The minimum atomic E-state index is -0.405. The van der Waals surface area contributed by atoms with Gasteiger partial charge in [0.1, 0.15) is 5.82 Å². The topological polar surface area (TPSA) is 20.3 Å². The number of halogens is 1. The molecule has 19 heavy (non-hydrogen) atoms. The van der Waals surface area contributed by atoms with Crippen LogP contribution in [0.15, 0.2) is 24.3 Å². The molecule has 1 aromatic carbocycles. The highest BCUT2D eigenvalue weighted by atomic mass is 19.1. The second-order valence-corrected chi connectivity index (χ2v) is 5.37. The third-order valence-electron chi connectivity index (χ3n) is 4.01. The number of Topliss-reactive ketones (excluding diaryl/α,β-unsaturated/α-hetero) is 1. The van der Waals surface area contributed by atoms with Gasteiger partial charge in [-0.15, -0.1) is 0 Å². The fourth-order valence-electron chi connectivity index (χ4n) is 2.77. The van der Waals surface area contributed by atoms with Crippen molar-refractivity contribution in [1.82, 2.24) is 4.90 Å². The number of hydrogen-bond donors (Lipinski definition) is 0. The molecule has 1 unspecified atom stereocenters. The second-order valence-electron chi connectivity index (χ2n) is 5.37. The van der Waals surface area contributed by atoms with Gasteiger partial charge in [0.2, 0.25) is 0 Å². The minimum absolute atomic E-state index is 0.0864. The van der Waals surface area contributed by atoms with Crippen LogP contribution in [0.5, 0.6) is 0 Å². The molecule has 1 aliphatic rings. The average molecular weight is 263 g/mol. The van der Waals surface area contributed by atoms with Crippen molar-refractivity contribution in [3.05, 3.63) is 35.6 Å². The molecule has 0 bridgehead atoms. The molecule has 0 N–H and O–H groups in total. The van der Waals surface area contributed by atoms with Gasteiger partial charge < -0.3 is 4.90 Å². The second kappa shape index (κ2) is 6.80. The number of carbonyl (C=O) groups excluding carboxylic acids is 1. The van der Waals surface area contributed by atoms with Gasteiger partial charge in [0.15, 0.2) is 5.78 Å². The molecule has 2 nitrogen and oxygen atoms in total. The third kappa shape index (κ3) is 3.87. The summed E-state index contributed by atoms with van der Waals surface area (Å²) >= 11 is 0. The number of piperidine rings is 1. The van der Waals surface area contributed by atoms with Crippen molar-refractivity contribution in [3.8, 4) is 0 Å². The molecule has 1 heterocycles. The number of likely N-dealkylation sites (tertiary alicyclic amines) is 1. The van der Waals surface area contributed by atoms with E-state index < -0.39 is 5.82 Å². The van der Waals surface area contributed by atoms with Crippen LogP contribution in [0, 0.1) is 11.7 Å². The van der Waals surface area contributed by atoms with Crippen LogP contribution in [-0.2, 0) is 0 Å². The van der Waals surface area contributed by atoms with Gasteiger partial charge in [-0.25, -0.2) is 4.39 Å². The minimum Gasteiger partial charge on any atom is -0.303 e. The molecule has 0 amide bonds. The monoisotopic (exact) mass is 263 g/mol. The lowest BCUT2D eigenvalue weighted by Gasteiger charge is -2.32. The maximum Gasteiger partial charge on any atom is 0.167 e. The Balaban J connectivity index is 1.85. The van der Waals surface area contributed by atoms with Crippen molar-refractivity contribution < 1.29 is 9.18 Å². The number of carbonyl (C=O) groups is 1. The summed E-state index contributed by atoms with van der Waals surface area (Å²) in [7, 11) is 0. The maximum atomic E-state index is 13.5. The van der Waals surface area contributed by atoms with E-state index >= 15 is 0 Å². The summed E-state index contributed by atoms with van der Waals surface area (Å²) in [6.07, 6.45) is 4.13. The molecule has 1 atom stereocenters. The van der Waals surface area contributed by atoms with E-state index in [1.807, 2.05) is 0 Å². The predicted octanol–water partition coefficient (Wildman–Crippen LogP) is 3.52. The van der Waals surface area contributed by atoms with E-state index in [1.54, 1.807) is 18.2 Å². The van der Waals surface area contributed by atoms with E-state index in [2.05, 4.69) is 11.8 Å². The van der Waals surface area contributed by atoms with Crippen LogP contribution in [0.4, 0.5) is 4.39 Å². The van der Waals surface area contributed by atoms with Crippen LogP contribution >= 0.6 is 0 Å². The zero-order valence-electron chi connectivity index (χ0n) is 11.6. The van der Waals surface area contributed by atoms with Crippen molar-refractivity contribution in [2.24, 2.45) is 5.92 Å². The molecule has 0 saturated carbocycles. The van der Waals surface area contributed by atoms with Crippen LogP contribution in [0.1, 0.15) is 43.0 Å². The van der Waals surface area contributed by atoms with Gasteiger partial charge in [-0.05, 0) is 37.4 Å². The van der Waals surface area contributed by atoms with Crippen LogP contribution in [-0.4, -0.2) is 30.3 Å². The lowest BCUT2D eigenvalue weighted by atomic mass is 9.95. The van der Waals surface area contributed by atoms with E-state index in [-0.39, 0.29) is 11.3 Å². The lowest BCUT2D eigenvalue weighted by Crippen LogP contribution is -2.36. The fraction of sp³-hybridized carbons (Fsp3) is 0.562. The Morgan fingerprint density at radius 2 is 2.21 bits per heavy atom. The lowest BCUT2D eigenvalue weighted by molar-refractivity contribution is 0.0941. The summed E-state index contributed by atoms with van der Waals surface area (Å²) in [5.74, 6) is 0.270. The summed E-state index contributed by atoms with van der Waals surface area (Å²) in [5, 5.41) is 0. The summed E-state index contributed by atoms with van der Waals surface area (Å²) in [5.41, 5.74) is 0.228. The zero-order valence-corrected chi connectivity index (χ0v) is 11.6. The Morgan fingerprint density at radius 1 is 1.42 bits per heavy atom. The molecular weight excluding hydrogens is 241 g/mol. The van der Waals surface area contributed by atoms with Gasteiger partial charge in [0.25, 0.3) is 0 Å². The number of ketones is 1. The predicted molar refractivity (Wildman–Crippen MR) is 74.8 cm³/mol. The highest BCUT2D eigenvalue weighted by molar-refractivity contribution is 5.96. The summed E-state index contributed by atoms with van der Waals surface area (Å²) < 4.78 is 13.5. The van der Waals surface area contributed by atoms with Crippen molar-refractivity contribution in [1.29, 1.82) is 0 Å². The molecule has 0 radical (unpaired) electrons. The van der Waals surface area contributed by atoms with Crippen LogP contribution in [0.3, 0.4) is 0 Å². The van der Waals surface area contributed by atoms with E-state index in [9.17, 15) is 9.18 Å². The van der Waals surface area contributed by atoms with Crippen molar-refractivity contribution in [2.45, 2.75) is 32.6 Å². The first-order valence-corrected chi connectivity index (χ1v) is 7.20. The van der Waals surface area contributed by atoms with Crippen molar-refractivity contribution in [3.63, 3.8) is 0 Å². The summed E-state index contributed by atoms with van der Waals surface area (Å²) in [6, 6.07) is 6.25. The molecule has 2 rings (SSSR count).